The second-order valence-corrected chi connectivity index (χ2v) is 4.77. The lowest BCUT2D eigenvalue weighted by Gasteiger charge is -2.23. The summed E-state index contributed by atoms with van der Waals surface area (Å²) in [6.07, 6.45) is -4.43. The first kappa shape index (κ1) is 16.3. The Kier molecular flexibility index (Phi) is 5.40. The van der Waals surface area contributed by atoms with E-state index in [1.165, 1.54) is 12.1 Å². The lowest BCUT2D eigenvalue weighted by molar-refractivity contribution is -0.138. The van der Waals surface area contributed by atoms with Crippen LogP contribution < -0.4 is 5.73 Å². The first-order valence-corrected chi connectivity index (χ1v) is 6.35. The van der Waals surface area contributed by atoms with Crippen molar-refractivity contribution in [3.05, 3.63) is 29.3 Å². The van der Waals surface area contributed by atoms with Crippen molar-refractivity contribution < 1.29 is 13.2 Å². The fraction of sp³-hybridized carbons (Fsp3) is 0.500. The van der Waals surface area contributed by atoms with E-state index in [1.807, 2.05) is 11.8 Å². The van der Waals surface area contributed by atoms with E-state index in [9.17, 15) is 13.2 Å². The van der Waals surface area contributed by atoms with Crippen LogP contribution in [0.15, 0.2) is 18.2 Å². The number of hydrogen-bond donors (Lipinski definition) is 1. The number of halogens is 3. The maximum atomic E-state index is 13.0. The second-order valence-electron chi connectivity index (χ2n) is 4.77. The molecule has 0 radical (unpaired) electrons. The van der Waals surface area contributed by atoms with Crippen molar-refractivity contribution in [2.45, 2.75) is 26.6 Å². The van der Waals surface area contributed by atoms with Crippen LogP contribution in [0.5, 0.6) is 0 Å². The summed E-state index contributed by atoms with van der Waals surface area (Å²) in [5.74, 6) is -0.224. The molecule has 0 spiro atoms. The molecule has 1 unspecified atom stereocenters. The highest BCUT2D eigenvalue weighted by molar-refractivity contribution is 5.46. The van der Waals surface area contributed by atoms with Gasteiger partial charge in [-0.3, -0.25) is 4.90 Å². The van der Waals surface area contributed by atoms with Gasteiger partial charge >= 0.3 is 6.18 Å². The lowest BCUT2D eigenvalue weighted by Crippen LogP contribution is -2.28. The zero-order chi connectivity index (χ0) is 15.3. The summed E-state index contributed by atoms with van der Waals surface area (Å²) >= 11 is 0. The number of nitrogens with two attached hydrogens (primary N) is 1. The number of anilines is 1. The standard InChI is InChI=1S/C14H18F3N3/c1-3-20(8-10(2)7-18)9-11-4-5-12(19)6-13(11)14(15,16)17/h4-6,10H,3,8-9,19H2,1-2H3. The summed E-state index contributed by atoms with van der Waals surface area (Å²) in [6, 6.07) is 5.91. The molecule has 0 heterocycles. The Morgan fingerprint density at radius 1 is 1.40 bits per heavy atom. The molecule has 0 aliphatic heterocycles. The molecule has 0 aliphatic carbocycles. The van der Waals surface area contributed by atoms with Crippen LogP contribution in [-0.4, -0.2) is 18.0 Å². The Labute approximate surface area is 116 Å². The summed E-state index contributed by atoms with van der Waals surface area (Å²) < 4.78 is 39.0. The molecule has 2 N–H and O–H groups in total. The highest BCUT2D eigenvalue weighted by atomic mass is 19.4. The van der Waals surface area contributed by atoms with E-state index in [0.29, 0.717) is 13.1 Å². The Bertz CT molecular complexity index is 491. The van der Waals surface area contributed by atoms with Gasteiger partial charge in [-0.25, -0.2) is 0 Å². The zero-order valence-corrected chi connectivity index (χ0v) is 11.5. The minimum atomic E-state index is -4.43. The van der Waals surface area contributed by atoms with Crippen LogP contribution in [0, 0.1) is 17.2 Å². The molecule has 1 rings (SSSR count). The monoisotopic (exact) mass is 285 g/mol. The fourth-order valence-electron chi connectivity index (χ4n) is 1.97. The van der Waals surface area contributed by atoms with Crippen molar-refractivity contribution >= 4 is 5.69 Å². The molecule has 1 atom stereocenters. The van der Waals surface area contributed by atoms with Crippen LogP contribution in [0.3, 0.4) is 0 Å². The molecule has 0 aliphatic rings. The quantitative estimate of drug-likeness (QED) is 0.845. The van der Waals surface area contributed by atoms with Gasteiger partial charge in [0.1, 0.15) is 0 Å². The second kappa shape index (κ2) is 6.62. The molecular formula is C14H18F3N3. The van der Waals surface area contributed by atoms with E-state index in [4.69, 9.17) is 11.0 Å². The summed E-state index contributed by atoms with van der Waals surface area (Å²) in [5.41, 5.74) is 5.00. The molecule has 0 amide bonds. The number of alkyl halides is 3. The van der Waals surface area contributed by atoms with Crippen molar-refractivity contribution in [1.29, 1.82) is 5.26 Å². The molecule has 6 heteroatoms. The van der Waals surface area contributed by atoms with Gasteiger partial charge in [0.05, 0.1) is 17.6 Å². The number of nitriles is 1. The van der Waals surface area contributed by atoms with Crippen molar-refractivity contribution in [2.75, 3.05) is 18.8 Å². The van der Waals surface area contributed by atoms with Gasteiger partial charge in [0.25, 0.3) is 0 Å². The van der Waals surface area contributed by atoms with Gasteiger partial charge in [0, 0.05) is 18.8 Å². The lowest BCUT2D eigenvalue weighted by atomic mass is 10.0. The molecule has 0 bridgehead atoms. The van der Waals surface area contributed by atoms with Crippen LogP contribution >= 0.6 is 0 Å². The highest BCUT2D eigenvalue weighted by Gasteiger charge is 2.33. The van der Waals surface area contributed by atoms with Crippen molar-refractivity contribution in [1.82, 2.24) is 4.90 Å². The van der Waals surface area contributed by atoms with Gasteiger partial charge in [-0.2, -0.15) is 18.4 Å². The van der Waals surface area contributed by atoms with Crippen LogP contribution in [0.1, 0.15) is 25.0 Å². The highest BCUT2D eigenvalue weighted by Crippen LogP contribution is 2.33. The Hall–Kier alpha value is -1.74. The van der Waals surface area contributed by atoms with Crippen LogP contribution in [0.4, 0.5) is 18.9 Å². The number of nitrogens with zero attached hydrogens (tertiary/aromatic N) is 2. The van der Waals surface area contributed by atoms with E-state index in [-0.39, 0.29) is 23.7 Å². The molecule has 0 saturated carbocycles. The van der Waals surface area contributed by atoms with E-state index in [2.05, 4.69) is 6.07 Å². The van der Waals surface area contributed by atoms with Gasteiger partial charge in [-0.1, -0.05) is 13.0 Å². The minimum absolute atomic E-state index is 0.0921. The Morgan fingerprint density at radius 2 is 2.05 bits per heavy atom. The zero-order valence-electron chi connectivity index (χ0n) is 11.5. The van der Waals surface area contributed by atoms with Gasteiger partial charge < -0.3 is 5.73 Å². The summed E-state index contributed by atoms with van der Waals surface area (Å²) in [4.78, 5) is 1.81. The summed E-state index contributed by atoms with van der Waals surface area (Å²) in [7, 11) is 0. The normalized spacial score (nSPS) is 13.2. The average molecular weight is 285 g/mol. The number of benzene rings is 1. The Balaban J connectivity index is 2.99. The van der Waals surface area contributed by atoms with Crippen LogP contribution in [0.2, 0.25) is 0 Å². The molecule has 1 aromatic rings. The van der Waals surface area contributed by atoms with Crippen LogP contribution in [-0.2, 0) is 12.7 Å². The fourth-order valence-corrected chi connectivity index (χ4v) is 1.97. The third kappa shape index (κ3) is 4.42. The van der Waals surface area contributed by atoms with Crippen molar-refractivity contribution in [3.63, 3.8) is 0 Å². The smallest absolute Gasteiger partial charge is 0.399 e. The van der Waals surface area contributed by atoms with Gasteiger partial charge in [-0.15, -0.1) is 0 Å². The molecule has 0 aromatic heterocycles. The molecular weight excluding hydrogens is 267 g/mol. The first-order chi connectivity index (χ1) is 9.27. The summed E-state index contributed by atoms with van der Waals surface area (Å²) in [6.45, 7) is 4.77. The molecule has 0 saturated heterocycles. The molecule has 0 fully saturated rings. The minimum Gasteiger partial charge on any atom is -0.399 e. The van der Waals surface area contributed by atoms with Gasteiger partial charge in [0.15, 0.2) is 0 Å². The van der Waals surface area contributed by atoms with Gasteiger partial charge in [0.2, 0.25) is 0 Å². The number of nitrogen functional groups attached to an aromatic ring is 1. The Morgan fingerprint density at radius 3 is 2.55 bits per heavy atom. The summed E-state index contributed by atoms with van der Waals surface area (Å²) in [5, 5.41) is 8.79. The van der Waals surface area contributed by atoms with E-state index in [1.54, 1.807) is 6.92 Å². The molecule has 20 heavy (non-hydrogen) atoms. The third-order valence-electron chi connectivity index (χ3n) is 3.03. The van der Waals surface area contributed by atoms with Crippen LogP contribution in [0.25, 0.3) is 0 Å². The number of hydrogen-bond acceptors (Lipinski definition) is 3. The first-order valence-electron chi connectivity index (χ1n) is 6.35. The van der Waals surface area contributed by atoms with Crippen molar-refractivity contribution in [3.8, 4) is 6.07 Å². The average Bonchev–Trinajstić information content (AvgIpc) is 2.38. The van der Waals surface area contributed by atoms with Gasteiger partial charge in [-0.05, 0) is 31.2 Å². The maximum absolute atomic E-state index is 13.0. The maximum Gasteiger partial charge on any atom is 0.416 e. The molecule has 3 nitrogen and oxygen atoms in total. The van der Waals surface area contributed by atoms with E-state index in [0.717, 1.165) is 6.07 Å². The SMILES string of the molecule is CCN(Cc1ccc(N)cc1C(F)(F)F)CC(C)C#N. The van der Waals surface area contributed by atoms with Crippen molar-refractivity contribution in [2.24, 2.45) is 5.92 Å². The molecule has 1 aromatic carbocycles. The topological polar surface area (TPSA) is 53.0 Å². The third-order valence-corrected chi connectivity index (χ3v) is 3.03. The largest absolute Gasteiger partial charge is 0.416 e. The predicted molar refractivity (Wildman–Crippen MR) is 71.6 cm³/mol. The van der Waals surface area contributed by atoms with E-state index < -0.39 is 11.7 Å². The predicted octanol–water partition coefficient (Wildman–Crippen LogP) is 3.27. The molecule has 110 valence electrons. The van der Waals surface area contributed by atoms with E-state index >= 15 is 0 Å². The number of rotatable bonds is 5.